The van der Waals surface area contributed by atoms with Crippen LogP contribution >= 0.6 is 11.8 Å². The van der Waals surface area contributed by atoms with Gasteiger partial charge in [0.1, 0.15) is 0 Å². The molecule has 1 amide bonds. The highest BCUT2D eigenvalue weighted by Crippen LogP contribution is 2.58. The molecule has 3 N–H and O–H groups in total. The van der Waals surface area contributed by atoms with Crippen molar-refractivity contribution in [3.63, 3.8) is 0 Å². The third kappa shape index (κ3) is 3.62. The lowest BCUT2D eigenvalue weighted by Gasteiger charge is -2.05. The van der Waals surface area contributed by atoms with Gasteiger partial charge in [0.25, 0.3) is 0 Å². The molecule has 0 spiro atoms. The Balaban J connectivity index is 2.21. The first-order chi connectivity index (χ1) is 8.42. The van der Waals surface area contributed by atoms with Gasteiger partial charge in [-0.05, 0) is 17.6 Å². The van der Waals surface area contributed by atoms with E-state index in [0.29, 0.717) is 6.54 Å². The first kappa shape index (κ1) is 15.3. The fourth-order valence-corrected chi connectivity index (χ4v) is 3.00. The van der Waals surface area contributed by atoms with Gasteiger partial charge >= 0.3 is 5.97 Å². The van der Waals surface area contributed by atoms with E-state index in [0.717, 1.165) is 17.9 Å². The quantitative estimate of drug-likeness (QED) is 0.564. The molecule has 0 saturated heterocycles. The van der Waals surface area contributed by atoms with Gasteiger partial charge in [-0.3, -0.25) is 9.59 Å². The van der Waals surface area contributed by atoms with E-state index in [9.17, 15) is 9.59 Å². The summed E-state index contributed by atoms with van der Waals surface area (Å²) >= 11 is 1.67. The normalized spacial score (nSPS) is 24.6. The Hall–Kier alpha value is -0.750. The summed E-state index contributed by atoms with van der Waals surface area (Å²) < 4.78 is 0. The van der Waals surface area contributed by atoms with E-state index in [-0.39, 0.29) is 12.5 Å². The average molecular weight is 275 g/mol. The molecule has 1 fully saturated rings. The number of aliphatic hydroxyl groups excluding tert-OH is 1. The van der Waals surface area contributed by atoms with Crippen molar-refractivity contribution in [1.82, 2.24) is 5.32 Å². The van der Waals surface area contributed by atoms with Crippen LogP contribution in [0.25, 0.3) is 0 Å². The predicted molar refractivity (Wildman–Crippen MR) is 70.4 cm³/mol. The van der Waals surface area contributed by atoms with Crippen LogP contribution in [0.15, 0.2) is 0 Å². The Morgan fingerprint density at radius 3 is 2.44 bits per heavy atom. The SMILES string of the molecule is CC1(C)[C@H](C(=O)O)[C@@H]1C(=O)NCCSCCCO. The fourth-order valence-electron chi connectivity index (χ4n) is 2.21. The molecule has 2 atom stereocenters. The minimum absolute atomic E-state index is 0.157. The van der Waals surface area contributed by atoms with E-state index in [1.807, 2.05) is 13.8 Å². The monoisotopic (exact) mass is 275 g/mol. The van der Waals surface area contributed by atoms with Gasteiger partial charge in [-0.1, -0.05) is 13.8 Å². The molecule has 0 aliphatic heterocycles. The van der Waals surface area contributed by atoms with Gasteiger partial charge in [0.05, 0.1) is 11.8 Å². The molecule has 0 heterocycles. The maximum atomic E-state index is 11.8. The summed E-state index contributed by atoms with van der Waals surface area (Å²) in [5.74, 6) is -0.347. The number of carboxylic acids is 1. The Morgan fingerprint density at radius 1 is 1.28 bits per heavy atom. The third-order valence-corrected chi connectivity index (χ3v) is 4.44. The summed E-state index contributed by atoms with van der Waals surface area (Å²) in [6.45, 7) is 4.36. The molecule has 0 radical (unpaired) electrons. The number of aliphatic hydroxyl groups is 1. The van der Waals surface area contributed by atoms with Gasteiger partial charge in [-0.15, -0.1) is 0 Å². The molecule has 1 aliphatic rings. The molecule has 6 heteroatoms. The lowest BCUT2D eigenvalue weighted by molar-refractivity contribution is -0.140. The summed E-state index contributed by atoms with van der Waals surface area (Å²) in [5, 5.41) is 20.3. The van der Waals surface area contributed by atoms with E-state index in [1.165, 1.54) is 0 Å². The first-order valence-electron chi connectivity index (χ1n) is 6.12. The second-order valence-corrected chi connectivity index (χ2v) is 6.32. The van der Waals surface area contributed by atoms with Crippen molar-refractivity contribution in [2.75, 3.05) is 24.7 Å². The van der Waals surface area contributed by atoms with Gasteiger partial charge in [0.2, 0.25) is 5.91 Å². The lowest BCUT2D eigenvalue weighted by Crippen LogP contribution is -2.29. The fraction of sp³-hybridized carbons (Fsp3) is 0.833. The number of hydrogen-bond donors (Lipinski definition) is 3. The van der Waals surface area contributed by atoms with Crippen molar-refractivity contribution in [3.05, 3.63) is 0 Å². The maximum Gasteiger partial charge on any atom is 0.307 e. The second kappa shape index (κ2) is 6.43. The maximum absolute atomic E-state index is 11.8. The van der Waals surface area contributed by atoms with E-state index in [4.69, 9.17) is 10.2 Å². The molecular formula is C12H21NO4S. The molecule has 1 rings (SSSR count). The first-order valence-corrected chi connectivity index (χ1v) is 7.27. The number of amides is 1. The van der Waals surface area contributed by atoms with Gasteiger partial charge in [0.15, 0.2) is 0 Å². The van der Waals surface area contributed by atoms with Gasteiger partial charge in [0, 0.05) is 18.9 Å². The second-order valence-electron chi connectivity index (χ2n) is 5.10. The Bertz CT molecular complexity index is 319. The minimum Gasteiger partial charge on any atom is -0.481 e. The summed E-state index contributed by atoms with van der Waals surface area (Å²) in [6.07, 6.45) is 0.759. The van der Waals surface area contributed by atoms with E-state index < -0.39 is 23.2 Å². The summed E-state index contributed by atoms with van der Waals surface area (Å²) in [5.41, 5.74) is -0.431. The van der Waals surface area contributed by atoms with Crippen molar-refractivity contribution in [2.24, 2.45) is 17.3 Å². The molecule has 0 aromatic carbocycles. The number of carbonyl (C=O) groups is 2. The van der Waals surface area contributed by atoms with Crippen LogP contribution in [0.3, 0.4) is 0 Å². The van der Waals surface area contributed by atoms with Crippen molar-refractivity contribution in [3.8, 4) is 0 Å². The zero-order valence-electron chi connectivity index (χ0n) is 10.8. The molecule has 0 aromatic heterocycles. The standard InChI is InChI=1S/C12H21NO4S/c1-12(2)8(9(12)11(16)17)10(15)13-4-7-18-6-3-5-14/h8-9,14H,3-7H2,1-2H3,(H,13,15)(H,16,17)/t8-,9+/m1/s1. The molecule has 18 heavy (non-hydrogen) atoms. The molecule has 1 saturated carbocycles. The van der Waals surface area contributed by atoms with Crippen LogP contribution in [0.4, 0.5) is 0 Å². The third-order valence-electron chi connectivity index (χ3n) is 3.37. The van der Waals surface area contributed by atoms with E-state index in [1.54, 1.807) is 11.8 Å². The topological polar surface area (TPSA) is 86.6 Å². The highest BCUT2D eigenvalue weighted by Gasteiger charge is 2.65. The Kier molecular flexibility index (Phi) is 5.47. The van der Waals surface area contributed by atoms with Gasteiger partial charge in [-0.25, -0.2) is 0 Å². The molecule has 0 bridgehead atoms. The average Bonchev–Trinajstić information content (AvgIpc) is 2.86. The zero-order valence-corrected chi connectivity index (χ0v) is 11.6. The molecule has 5 nitrogen and oxygen atoms in total. The summed E-state index contributed by atoms with van der Waals surface area (Å²) in [4.78, 5) is 22.7. The number of carboxylic acid groups (broad SMARTS) is 1. The number of carbonyl (C=O) groups excluding carboxylic acids is 1. The van der Waals surface area contributed by atoms with Crippen molar-refractivity contribution < 1.29 is 19.8 Å². The van der Waals surface area contributed by atoms with Crippen LogP contribution in [0.2, 0.25) is 0 Å². The Morgan fingerprint density at radius 2 is 1.94 bits per heavy atom. The van der Waals surface area contributed by atoms with Crippen LogP contribution in [-0.4, -0.2) is 46.7 Å². The molecule has 0 unspecified atom stereocenters. The van der Waals surface area contributed by atoms with E-state index in [2.05, 4.69) is 5.32 Å². The van der Waals surface area contributed by atoms with Crippen molar-refractivity contribution in [1.29, 1.82) is 0 Å². The summed E-state index contributed by atoms with van der Waals surface area (Å²) in [6, 6.07) is 0. The lowest BCUT2D eigenvalue weighted by atomic mass is 10.1. The number of thioether (sulfide) groups is 1. The Labute approximate surface area is 111 Å². The van der Waals surface area contributed by atoms with Crippen molar-refractivity contribution >= 4 is 23.6 Å². The van der Waals surface area contributed by atoms with Crippen LogP contribution in [0.5, 0.6) is 0 Å². The van der Waals surface area contributed by atoms with Crippen LogP contribution in [0.1, 0.15) is 20.3 Å². The van der Waals surface area contributed by atoms with Gasteiger partial charge < -0.3 is 15.5 Å². The van der Waals surface area contributed by atoms with Crippen LogP contribution < -0.4 is 5.32 Å². The predicted octanol–water partition coefficient (Wildman–Crippen LogP) is 0.575. The molecular weight excluding hydrogens is 254 g/mol. The highest BCUT2D eigenvalue weighted by molar-refractivity contribution is 7.99. The van der Waals surface area contributed by atoms with Crippen LogP contribution in [-0.2, 0) is 9.59 Å². The largest absolute Gasteiger partial charge is 0.481 e. The van der Waals surface area contributed by atoms with Gasteiger partial charge in [-0.2, -0.15) is 11.8 Å². The van der Waals surface area contributed by atoms with Crippen LogP contribution in [0, 0.1) is 17.3 Å². The van der Waals surface area contributed by atoms with E-state index >= 15 is 0 Å². The smallest absolute Gasteiger partial charge is 0.307 e. The number of hydrogen-bond acceptors (Lipinski definition) is 4. The number of nitrogens with one attached hydrogen (secondary N) is 1. The molecule has 104 valence electrons. The minimum atomic E-state index is -0.891. The number of rotatable bonds is 8. The highest BCUT2D eigenvalue weighted by atomic mass is 32.2. The molecule has 1 aliphatic carbocycles. The summed E-state index contributed by atoms with van der Waals surface area (Å²) in [7, 11) is 0. The molecule has 0 aromatic rings. The van der Waals surface area contributed by atoms with Crippen molar-refractivity contribution in [2.45, 2.75) is 20.3 Å². The zero-order chi connectivity index (χ0) is 13.8. The number of aliphatic carboxylic acids is 1.